The van der Waals surface area contributed by atoms with Gasteiger partial charge in [-0.3, -0.25) is 20.4 Å². The highest BCUT2D eigenvalue weighted by Gasteiger charge is 2.44. The zero-order chi connectivity index (χ0) is 22.8. The summed E-state index contributed by atoms with van der Waals surface area (Å²) < 4.78 is 13.1. The first-order chi connectivity index (χ1) is 16.1. The lowest BCUT2D eigenvalue weighted by Crippen LogP contribution is -2.42. The standard InChI is InChI=1S/C25H21FN4O2S/c26-18-11-9-16(10-12-18)19-13-20(19)24(32)30-29-23(31)17-7-5-15(6-8-17)14-33-25-27-21-3-1-2-4-22(21)28-25/h1-12,19-20H,13-14H2,(H,27,28)(H,29,31)(H,30,32). The molecule has 0 bridgehead atoms. The normalized spacial score (nSPS) is 17.0. The first-order valence-corrected chi connectivity index (χ1v) is 11.6. The highest BCUT2D eigenvalue weighted by Crippen LogP contribution is 2.47. The second-order valence-electron chi connectivity index (χ2n) is 7.99. The van der Waals surface area contributed by atoms with Gasteiger partial charge in [0.25, 0.3) is 5.91 Å². The van der Waals surface area contributed by atoms with Gasteiger partial charge in [0.1, 0.15) is 5.82 Å². The average molecular weight is 461 g/mol. The van der Waals surface area contributed by atoms with Gasteiger partial charge in [0.05, 0.1) is 11.0 Å². The minimum absolute atomic E-state index is 0.0611. The van der Waals surface area contributed by atoms with Crippen LogP contribution in [0.15, 0.2) is 78.0 Å². The average Bonchev–Trinajstić information content (AvgIpc) is 3.53. The van der Waals surface area contributed by atoms with E-state index in [2.05, 4.69) is 20.8 Å². The second-order valence-corrected chi connectivity index (χ2v) is 8.95. The molecule has 3 aromatic carbocycles. The van der Waals surface area contributed by atoms with Crippen molar-refractivity contribution in [2.45, 2.75) is 23.2 Å². The summed E-state index contributed by atoms with van der Waals surface area (Å²) in [5.74, 6) is -0.355. The number of hydrogen-bond acceptors (Lipinski definition) is 4. The molecule has 2 unspecified atom stereocenters. The minimum Gasteiger partial charge on any atom is -0.333 e. The maximum atomic E-state index is 13.1. The minimum atomic E-state index is -0.376. The number of imidazole rings is 1. The number of nitrogens with zero attached hydrogens (tertiary/aromatic N) is 1. The molecule has 0 saturated heterocycles. The van der Waals surface area contributed by atoms with Crippen LogP contribution in [0.5, 0.6) is 0 Å². The molecular formula is C25H21FN4O2S. The van der Waals surface area contributed by atoms with Gasteiger partial charge in [0, 0.05) is 17.2 Å². The summed E-state index contributed by atoms with van der Waals surface area (Å²) >= 11 is 1.59. The van der Waals surface area contributed by atoms with Crippen molar-refractivity contribution in [1.29, 1.82) is 0 Å². The predicted molar refractivity (Wildman–Crippen MR) is 125 cm³/mol. The van der Waals surface area contributed by atoms with Crippen LogP contribution >= 0.6 is 11.8 Å². The van der Waals surface area contributed by atoms with E-state index in [1.165, 1.54) is 12.1 Å². The van der Waals surface area contributed by atoms with E-state index in [1.54, 1.807) is 36.0 Å². The largest absolute Gasteiger partial charge is 0.333 e. The van der Waals surface area contributed by atoms with Crippen molar-refractivity contribution in [3.05, 3.63) is 95.3 Å². The number of halogens is 1. The first kappa shape index (κ1) is 21.2. The molecule has 166 valence electrons. The number of thioether (sulfide) groups is 1. The molecule has 33 heavy (non-hydrogen) atoms. The molecule has 0 aliphatic heterocycles. The Labute approximate surface area is 194 Å². The van der Waals surface area contributed by atoms with E-state index in [0.29, 0.717) is 17.7 Å². The summed E-state index contributed by atoms with van der Waals surface area (Å²) in [6, 6.07) is 21.3. The van der Waals surface area contributed by atoms with Crippen molar-refractivity contribution in [2.75, 3.05) is 0 Å². The molecule has 5 rings (SSSR count). The Hall–Kier alpha value is -3.65. The Morgan fingerprint density at radius 1 is 1.00 bits per heavy atom. The van der Waals surface area contributed by atoms with Gasteiger partial charge < -0.3 is 4.98 Å². The predicted octanol–water partition coefficient (Wildman–Crippen LogP) is 4.56. The molecule has 0 spiro atoms. The third-order valence-electron chi connectivity index (χ3n) is 5.68. The molecule has 3 N–H and O–H groups in total. The van der Waals surface area contributed by atoms with E-state index < -0.39 is 0 Å². The van der Waals surface area contributed by atoms with Gasteiger partial charge in [0.2, 0.25) is 5.91 Å². The van der Waals surface area contributed by atoms with Crippen LogP contribution in [0.3, 0.4) is 0 Å². The Balaban J connectivity index is 1.10. The van der Waals surface area contributed by atoms with Gasteiger partial charge in [0.15, 0.2) is 5.16 Å². The lowest BCUT2D eigenvalue weighted by Gasteiger charge is -2.08. The van der Waals surface area contributed by atoms with E-state index in [9.17, 15) is 14.0 Å². The van der Waals surface area contributed by atoms with Crippen LogP contribution in [0.2, 0.25) is 0 Å². The molecule has 1 heterocycles. The SMILES string of the molecule is O=C(NNC(=O)C1CC1c1ccc(F)cc1)c1ccc(CSc2nc3ccccc3[nH]2)cc1. The molecule has 1 aliphatic carbocycles. The van der Waals surface area contributed by atoms with Crippen LogP contribution in [0.25, 0.3) is 11.0 Å². The van der Waals surface area contributed by atoms with Crippen molar-refractivity contribution >= 4 is 34.6 Å². The molecular weight excluding hydrogens is 439 g/mol. The first-order valence-electron chi connectivity index (χ1n) is 10.6. The van der Waals surface area contributed by atoms with E-state index in [0.717, 1.165) is 27.3 Å². The summed E-state index contributed by atoms with van der Waals surface area (Å²) in [6.07, 6.45) is 0.685. The number of benzene rings is 3. The zero-order valence-electron chi connectivity index (χ0n) is 17.5. The number of para-hydroxylation sites is 2. The fourth-order valence-corrected chi connectivity index (χ4v) is 4.59. The highest BCUT2D eigenvalue weighted by molar-refractivity contribution is 7.98. The van der Waals surface area contributed by atoms with Crippen molar-refractivity contribution in [3.63, 3.8) is 0 Å². The molecule has 1 fully saturated rings. The quantitative estimate of drug-likeness (QED) is 0.291. The number of carbonyl (C=O) groups excluding carboxylic acids is 2. The van der Waals surface area contributed by atoms with Crippen LogP contribution in [-0.4, -0.2) is 21.8 Å². The van der Waals surface area contributed by atoms with Gasteiger partial charge in [-0.2, -0.15) is 0 Å². The highest BCUT2D eigenvalue weighted by atomic mass is 32.2. The summed E-state index contributed by atoms with van der Waals surface area (Å²) in [5.41, 5.74) is 9.36. The van der Waals surface area contributed by atoms with Crippen molar-refractivity contribution in [2.24, 2.45) is 5.92 Å². The lowest BCUT2D eigenvalue weighted by atomic mass is 10.1. The summed E-state index contributed by atoms with van der Waals surface area (Å²) in [6.45, 7) is 0. The maximum Gasteiger partial charge on any atom is 0.269 e. The maximum absolute atomic E-state index is 13.1. The summed E-state index contributed by atoms with van der Waals surface area (Å²) in [5, 5.41) is 0.847. The number of H-pyrrole nitrogens is 1. The monoisotopic (exact) mass is 460 g/mol. The molecule has 1 aromatic heterocycles. The fraction of sp³-hybridized carbons (Fsp3) is 0.160. The molecule has 6 nitrogen and oxygen atoms in total. The van der Waals surface area contributed by atoms with Crippen LogP contribution in [-0.2, 0) is 10.5 Å². The van der Waals surface area contributed by atoms with E-state index in [4.69, 9.17) is 0 Å². The number of nitrogens with one attached hydrogen (secondary N) is 3. The number of amides is 2. The van der Waals surface area contributed by atoms with Gasteiger partial charge >= 0.3 is 0 Å². The summed E-state index contributed by atoms with van der Waals surface area (Å²) in [4.78, 5) is 32.5. The third-order valence-corrected chi connectivity index (χ3v) is 6.63. The summed E-state index contributed by atoms with van der Waals surface area (Å²) in [7, 11) is 0. The molecule has 2 atom stereocenters. The Morgan fingerprint density at radius 3 is 2.52 bits per heavy atom. The van der Waals surface area contributed by atoms with Crippen molar-refractivity contribution < 1.29 is 14.0 Å². The molecule has 8 heteroatoms. The number of hydrazine groups is 1. The fourth-order valence-electron chi connectivity index (χ4n) is 3.75. The van der Waals surface area contributed by atoms with Gasteiger partial charge in [-0.1, -0.05) is 48.2 Å². The Kier molecular flexibility index (Phi) is 5.83. The smallest absolute Gasteiger partial charge is 0.269 e. The Morgan fingerprint density at radius 2 is 1.76 bits per heavy atom. The number of rotatable bonds is 6. The molecule has 1 saturated carbocycles. The van der Waals surface area contributed by atoms with Crippen LogP contribution in [0.1, 0.15) is 33.8 Å². The zero-order valence-corrected chi connectivity index (χ0v) is 18.4. The van der Waals surface area contributed by atoms with Crippen LogP contribution in [0, 0.1) is 11.7 Å². The number of aromatic amines is 1. The van der Waals surface area contributed by atoms with Gasteiger partial charge in [-0.25, -0.2) is 9.37 Å². The lowest BCUT2D eigenvalue weighted by molar-refractivity contribution is -0.123. The van der Waals surface area contributed by atoms with Gasteiger partial charge in [-0.05, 0) is 59.9 Å². The number of aromatic nitrogens is 2. The molecule has 0 radical (unpaired) electrons. The number of hydrogen-bond donors (Lipinski definition) is 3. The van der Waals surface area contributed by atoms with E-state index in [1.807, 2.05) is 36.4 Å². The molecule has 1 aliphatic rings. The number of carbonyl (C=O) groups is 2. The van der Waals surface area contributed by atoms with E-state index in [-0.39, 0.29) is 29.5 Å². The topological polar surface area (TPSA) is 86.9 Å². The van der Waals surface area contributed by atoms with Crippen molar-refractivity contribution in [3.8, 4) is 0 Å². The third kappa shape index (κ3) is 4.90. The molecule has 4 aromatic rings. The van der Waals surface area contributed by atoms with Crippen molar-refractivity contribution in [1.82, 2.24) is 20.8 Å². The molecule has 2 amide bonds. The number of fused-ring (bicyclic) bond motifs is 1. The Bertz CT molecular complexity index is 1270. The van der Waals surface area contributed by atoms with Gasteiger partial charge in [-0.15, -0.1) is 0 Å². The van der Waals surface area contributed by atoms with E-state index >= 15 is 0 Å². The van der Waals surface area contributed by atoms with Crippen LogP contribution in [0.4, 0.5) is 4.39 Å². The second kappa shape index (κ2) is 9.07. The van der Waals surface area contributed by atoms with Crippen LogP contribution < -0.4 is 10.9 Å².